The number of sulfonamides is 1. The molecule has 17 heavy (non-hydrogen) atoms. The zero-order chi connectivity index (χ0) is 12.5. The molecule has 1 saturated carbocycles. The van der Waals surface area contributed by atoms with Crippen molar-refractivity contribution in [3.05, 3.63) is 12.3 Å². The van der Waals surface area contributed by atoms with Gasteiger partial charge in [-0.05, 0) is 18.9 Å². The highest BCUT2D eigenvalue weighted by molar-refractivity contribution is 7.89. The molecule has 1 heterocycles. The second-order valence-corrected chi connectivity index (χ2v) is 5.77. The molecular weight excluding hydrogens is 246 g/mol. The minimum Gasteiger partial charge on any atom is -0.480 e. The van der Waals surface area contributed by atoms with Crippen molar-refractivity contribution in [2.45, 2.75) is 36.2 Å². The summed E-state index contributed by atoms with van der Waals surface area (Å²) in [7, 11) is -3.85. The first kappa shape index (κ1) is 12.1. The van der Waals surface area contributed by atoms with E-state index in [1.54, 1.807) is 0 Å². The van der Waals surface area contributed by atoms with Crippen LogP contribution < -0.4 is 4.72 Å². The van der Waals surface area contributed by atoms with E-state index in [0.717, 1.165) is 0 Å². The molecule has 94 valence electrons. The van der Waals surface area contributed by atoms with Crippen molar-refractivity contribution in [3.63, 3.8) is 0 Å². The van der Waals surface area contributed by atoms with Crippen LogP contribution in [-0.4, -0.2) is 35.2 Å². The molecule has 8 heteroatoms. The van der Waals surface area contributed by atoms with Crippen LogP contribution in [0.1, 0.15) is 25.7 Å². The highest BCUT2D eigenvalue weighted by Crippen LogP contribution is 2.31. The average molecular weight is 259 g/mol. The molecule has 0 spiro atoms. The lowest BCUT2D eigenvalue weighted by Crippen LogP contribution is -2.52. The summed E-state index contributed by atoms with van der Waals surface area (Å²) in [4.78, 5) is 11.2. The summed E-state index contributed by atoms with van der Waals surface area (Å²) in [5.41, 5.74) is -1.37. The highest BCUT2D eigenvalue weighted by Gasteiger charge is 2.44. The first-order valence-electron chi connectivity index (χ1n) is 5.23. The maximum atomic E-state index is 11.9. The van der Waals surface area contributed by atoms with E-state index in [0.29, 0.717) is 25.7 Å². The van der Waals surface area contributed by atoms with Gasteiger partial charge in [-0.25, -0.2) is 8.42 Å². The molecule has 1 aromatic rings. The van der Waals surface area contributed by atoms with Gasteiger partial charge in [0.25, 0.3) is 10.0 Å². The van der Waals surface area contributed by atoms with Crippen molar-refractivity contribution < 1.29 is 18.3 Å². The Morgan fingerprint density at radius 2 is 2.12 bits per heavy atom. The molecule has 0 bridgehead atoms. The van der Waals surface area contributed by atoms with Gasteiger partial charge in [-0.15, -0.1) is 0 Å². The van der Waals surface area contributed by atoms with Crippen LogP contribution >= 0.6 is 0 Å². The molecule has 1 fully saturated rings. The Morgan fingerprint density at radius 3 is 2.59 bits per heavy atom. The number of carbonyl (C=O) groups is 1. The highest BCUT2D eigenvalue weighted by atomic mass is 32.2. The lowest BCUT2D eigenvalue weighted by molar-refractivity contribution is -0.143. The third-order valence-electron chi connectivity index (χ3n) is 2.96. The number of rotatable bonds is 4. The van der Waals surface area contributed by atoms with Gasteiger partial charge in [-0.1, -0.05) is 12.8 Å². The van der Waals surface area contributed by atoms with E-state index in [9.17, 15) is 18.3 Å². The van der Waals surface area contributed by atoms with Crippen molar-refractivity contribution in [1.82, 2.24) is 14.9 Å². The molecule has 0 radical (unpaired) electrons. The largest absolute Gasteiger partial charge is 0.480 e. The summed E-state index contributed by atoms with van der Waals surface area (Å²) in [5, 5.41) is 14.9. The number of aliphatic carboxylic acids is 1. The van der Waals surface area contributed by atoms with Gasteiger partial charge in [-0.2, -0.15) is 9.82 Å². The van der Waals surface area contributed by atoms with E-state index >= 15 is 0 Å². The maximum Gasteiger partial charge on any atom is 0.324 e. The van der Waals surface area contributed by atoms with Crippen LogP contribution in [0.15, 0.2) is 17.3 Å². The van der Waals surface area contributed by atoms with Gasteiger partial charge in [0, 0.05) is 0 Å². The molecule has 7 nitrogen and oxygen atoms in total. The van der Waals surface area contributed by atoms with E-state index in [1.165, 1.54) is 12.3 Å². The Kier molecular flexibility index (Phi) is 2.92. The minimum absolute atomic E-state index is 0.120. The molecule has 0 atom stereocenters. The molecule has 1 aliphatic carbocycles. The number of nitrogens with zero attached hydrogens (tertiary/aromatic N) is 1. The SMILES string of the molecule is O=C(O)C1(NS(=O)(=O)c2ccn[nH]2)CCCC1. The molecule has 3 N–H and O–H groups in total. The van der Waals surface area contributed by atoms with Crippen LogP contribution in [0.5, 0.6) is 0 Å². The smallest absolute Gasteiger partial charge is 0.324 e. The van der Waals surface area contributed by atoms with E-state index in [1.807, 2.05) is 0 Å². The van der Waals surface area contributed by atoms with Crippen molar-refractivity contribution >= 4 is 16.0 Å². The van der Waals surface area contributed by atoms with Crippen molar-refractivity contribution in [1.29, 1.82) is 0 Å². The zero-order valence-corrected chi connectivity index (χ0v) is 9.83. The molecule has 1 aliphatic rings. The molecule has 2 rings (SSSR count). The predicted molar refractivity (Wildman–Crippen MR) is 57.7 cm³/mol. The fourth-order valence-corrected chi connectivity index (χ4v) is 3.37. The van der Waals surface area contributed by atoms with E-state index in [4.69, 9.17) is 0 Å². The molecule has 0 aromatic carbocycles. The number of nitrogens with one attached hydrogen (secondary N) is 2. The van der Waals surface area contributed by atoms with Gasteiger partial charge in [0.15, 0.2) is 5.03 Å². The third-order valence-corrected chi connectivity index (χ3v) is 4.43. The Balaban J connectivity index is 2.28. The fraction of sp³-hybridized carbons (Fsp3) is 0.556. The molecule has 1 aromatic heterocycles. The van der Waals surface area contributed by atoms with Crippen LogP contribution in [0.25, 0.3) is 0 Å². The molecule has 0 unspecified atom stereocenters. The lowest BCUT2D eigenvalue weighted by atomic mass is 10.0. The van der Waals surface area contributed by atoms with Crippen molar-refractivity contribution in [2.24, 2.45) is 0 Å². The van der Waals surface area contributed by atoms with Crippen LogP contribution in [-0.2, 0) is 14.8 Å². The minimum atomic E-state index is -3.85. The van der Waals surface area contributed by atoms with Crippen molar-refractivity contribution in [2.75, 3.05) is 0 Å². The Bertz CT molecular complexity index is 502. The Hall–Kier alpha value is -1.41. The van der Waals surface area contributed by atoms with Crippen LogP contribution in [0.3, 0.4) is 0 Å². The number of hydrogen-bond donors (Lipinski definition) is 3. The number of aromatic amines is 1. The second kappa shape index (κ2) is 4.11. The summed E-state index contributed by atoms with van der Waals surface area (Å²) in [6.45, 7) is 0. The van der Waals surface area contributed by atoms with Gasteiger partial charge in [-0.3, -0.25) is 9.89 Å². The average Bonchev–Trinajstić information content (AvgIpc) is 2.86. The first-order valence-corrected chi connectivity index (χ1v) is 6.71. The van der Waals surface area contributed by atoms with E-state index < -0.39 is 21.5 Å². The standard InChI is InChI=1S/C9H13N3O4S/c13-8(14)9(4-1-2-5-9)12-17(15,16)7-3-6-10-11-7/h3,6,12H,1-2,4-5H2,(H,10,11)(H,13,14). The topological polar surface area (TPSA) is 112 Å². The van der Waals surface area contributed by atoms with Gasteiger partial charge in [0.1, 0.15) is 5.54 Å². The third kappa shape index (κ3) is 2.18. The van der Waals surface area contributed by atoms with Gasteiger partial charge in [0.2, 0.25) is 0 Å². The van der Waals surface area contributed by atoms with Gasteiger partial charge >= 0.3 is 5.97 Å². The van der Waals surface area contributed by atoms with E-state index in [2.05, 4.69) is 14.9 Å². The number of H-pyrrole nitrogens is 1. The fourth-order valence-electron chi connectivity index (χ4n) is 2.04. The molecular formula is C9H13N3O4S. The van der Waals surface area contributed by atoms with E-state index in [-0.39, 0.29) is 5.03 Å². The van der Waals surface area contributed by atoms with Crippen molar-refractivity contribution in [3.8, 4) is 0 Å². The van der Waals surface area contributed by atoms with Crippen LogP contribution in [0.2, 0.25) is 0 Å². The number of hydrogen-bond acceptors (Lipinski definition) is 4. The molecule has 0 aliphatic heterocycles. The summed E-state index contributed by atoms with van der Waals surface area (Å²) < 4.78 is 26.1. The second-order valence-electron chi connectivity index (χ2n) is 4.12. The summed E-state index contributed by atoms with van der Waals surface area (Å²) >= 11 is 0. The first-order chi connectivity index (χ1) is 7.96. The summed E-state index contributed by atoms with van der Waals surface area (Å²) in [5.74, 6) is -1.13. The predicted octanol–water partition coefficient (Wildman–Crippen LogP) is 0.0854. The Labute approximate surface area is 98.3 Å². The summed E-state index contributed by atoms with van der Waals surface area (Å²) in [6.07, 6.45) is 3.34. The summed E-state index contributed by atoms with van der Waals surface area (Å²) in [6, 6.07) is 1.28. The van der Waals surface area contributed by atoms with Crippen LogP contribution in [0.4, 0.5) is 0 Å². The number of carboxylic acid groups (broad SMARTS) is 1. The molecule has 0 amide bonds. The zero-order valence-electron chi connectivity index (χ0n) is 9.01. The number of carboxylic acids is 1. The monoisotopic (exact) mass is 259 g/mol. The molecule has 0 saturated heterocycles. The number of aromatic nitrogens is 2. The van der Waals surface area contributed by atoms with Gasteiger partial charge < -0.3 is 5.11 Å². The maximum absolute atomic E-state index is 11.9. The Morgan fingerprint density at radius 1 is 1.47 bits per heavy atom. The van der Waals surface area contributed by atoms with Gasteiger partial charge in [0.05, 0.1) is 6.20 Å². The lowest BCUT2D eigenvalue weighted by Gasteiger charge is -2.24. The normalized spacial score (nSPS) is 19.3. The quantitative estimate of drug-likeness (QED) is 0.709. The van der Waals surface area contributed by atoms with Crippen LogP contribution in [0, 0.1) is 0 Å².